The topological polar surface area (TPSA) is 93.6 Å². The van der Waals surface area contributed by atoms with E-state index in [-0.39, 0.29) is 11.4 Å². The second kappa shape index (κ2) is 10.9. The van der Waals surface area contributed by atoms with Crippen molar-refractivity contribution in [2.45, 2.75) is 22.5 Å². The summed E-state index contributed by atoms with van der Waals surface area (Å²) < 4.78 is 10.6. The van der Waals surface area contributed by atoms with E-state index in [9.17, 15) is 9.90 Å². The molecule has 0 spiro atoms. The van der Waals surface area contributed by atoms with Crippen LogP contribution in [0.4, 0.5) is 5.82 Å². The lowest BCUT2D eigenvalue weighted by molar-refractivity contribution is 0.0692. The summed E-state index contributed by atoms with van der Waals surface area (Å²) in [5.41, 5.74) is 2.06. The summed E-state index contributed by atoms with van der Waals surface area (Å²) in [6, 6.07) is 15.4. The minimum Gasteiger partial charge on any atom is -0.493 e. The van der Waals surface area contributed by atoms with E-state index in [0.717, 1.165) is 11.1 Å². The Morgan fingerprint density at radius 3 is 2.42 bits per heavy atom. The van der Waals surface area contributed by atoms with E-state index in [0.29, 0.717) is 34.0 Å². The third-order valence-electron chi connectivity index (χ3n) is 4.38. The van der Waals surface area contributed by atoms with Crippen LogP contribution in [-0.2, 0) is 12.3 Å². The van der Waals surface area contributed by atoms with Crippen LogP contribution in [0, 0.1) is 0 Å². The molecule has 0 aliphatic heterocycles. The summed E-state index contributed by atoms with van der Waals surface area (Å²) in [4.78, 5) is 20.9. The van der Waals surface area contributed by atoms with Gasteiger partial charge >= 0.3 is 5.97 Å². The summed E-state index contributed by atoms with van der Waals surface area (Å²) in [7, 11) is 3.15. The van der Waals surface area contributed by atoms with Gasteiger partial charge in [-0.15, -0.1) is 11.8 Å². The number of carboxylic acid groups (broad SMARTS) is 1. The minimum atomic E-state index is -1.07. The van der Waals surface area contributed by atoms with Crippen molar-refractivity contribution >= 4 is 35.3 Å². The SMILES string of the molecule is COc1ccc(CNc2nc(SC)nc(SCc3ccccc3)c2C(=O)O)cc1OC. The zero-order valence-corrected chi connectivity index (χ0v) is 19.0. The monoisotopic (exact) mass is 457 g/mol. The van der Waals surface area contributed by atoms with Gasteiger partial charge in [0.2, 0.25) is 0 Å². The largest absolute Gasteiger partial charge is 0.493 e. The summed E-state index contributed by atoms with van der Waals surface area (Å²) >= 11 is 2.75. The molecule has 2 aromatic carbocycles. The summed E-state index contributed by atoms with van der Waals surface area (Å²) in [6.45, 7) is 0.369. The van der Waals surface area contributed by atoms with Gasteiger partial charge in [-0.25, -0.2) is 14.8 Å². The summed E-state index contributed by atoms with van der Waals surface area (Å²) in [5, 5.41) is 14.0. The molecule has 0 radical (unpaired) electrons. The van der Waals surface area contributed by atoms with Gasteiger partial charge in [0.05, 0.1) is 14.2 Å². The number of aromatic carboxylic acids is 1. The quantitative estimate of drug-likeness (QED) is 0.252. The van der Waals surface area contributed by atoms with Gasteiger partial charge in [0.15, 0.2) is 16.7 Å². The van der Waals surface area contributed by atoms with Crippen molar-refractivity contribution in [1.29, 1.82) is 0 Å². The molecule has 0 saturated heterocycles. The molecule has 9 heteroatoms. The molecular weight excluding hydrogens is 434 g/mol. The van der Waals surface area contributed by atoms with E-state index in [2.05, 4.69) is 15.3 Å². The van der Waals surface area contributed by atoms with E-state index in [1.54, 1.807) is 14.2 Å². The zero-order valence-electron chi connectivity index (χ0n) is 17.4. The molecule has 2 N–H and O–H groups in total. The van der Waals surface area contributed by atoms with Gasteiger partial charge in [-0.2, -0.15) is 0 Å². The number of aromatic nitrogens is 2. The molecule has 0 saturated carbocycles. The molecule has 0 aliphatic carbocycles. The Morgan fingerprint density at radius 1 is 1.03 bits per heavy atom. The van der Waals surface area contributed by atoms with E-state index in [4.69, 9.17) is 9.47 Å². The lowest BCUT2D eigenvalue weighted by atomic mass is 10.2. The van der Waals surface area contributed by atoms with Gasteiger partial charge < -0.3 is 19.9 Å². The van der Waals surface area contributed by atoms with Crippen molar-refractivity contribution in [2.24, 2.45) is 0 Å². The number of hydrogen-bond acceptors (Lipinski definition) is 8. The summed E-state index contributed by atoms with van der Waals surface area (Å²) in [5.74, 6) is 1.06. The molecule has 0 unspecified atom stereocenters. The molecule has 3 aromatic rings. The molecule has 0 aliphatic rings. The Bertz CT molecular complexity index is 1050. The molecule has 0 bridgehead atoms. The van der Waals surface area contributed by atoms with Gasteiger partial charge in [0.1, 0.15) is 16.4 Å². The highest BCUT2D eigenvalue weighted by atomic mass is 32.2. The molecule has 0 amide bonds. The highest BCUT2D eigenvalue weighted by molar-refractivity contribution is 7.99. The predicted molar refractivity (Wildman–Crippen MR) is 124 cm³/mol. The lowest BCUT2D eigenvalue weighted by Crippen LogP contribution is -2.12. The van der Waals surface area contributed by atoms with Crippen molar-refractivity contribution in [2.75, 3.05) is 25.8 Å². The third-order valence-corrected chi connectivity index (χ3v) is 5.97. The number of methoxy groups -OCH3 is 2. The first-order chi connectivity index (χ1) is 15.0. The summed E-state index contributed by atoms with van der Waals surface area (Å²) in [6.07, 6.45) is 1.86. The van der Waals surface area contributed by atoms with Gasteiger partial charge in [-0.3, -0.25) is 0 Å². The number of carboxylic acids is 1. The molecule has 1 heterocycles. The molecule has 1 aromatic heterocycles. The van der Waals surface area contributed by atoms with E-state index < -0.39 is 5.97 Å². The molecule has 3 rings (SSSR count). The standard InChI is InChI=1S/C22H23N3O4S2/c1-28-16-10-9-15(11-17(16)29-2)12-23-19-18(21(26)27)20(25-22(24-19)30-3)31-13-14-7-5-4-6-8-14/h4-11H,12-13H2,1-3H3,(H,26,27)(H,23,24,25). The van der Waals surface area contributed by atoms with Crippen molar-refractivity contribution in [3.63, 3.8) is 0 Å². The van der Waals surface area contributed by atoms with Crippen molar-refractivity contribution in [3.8, 4) is 11.5 Å². The van der Waals surface area contributed by atoms with E-state index in [1.807, 2.05) is 54.8 Å². The highest BCUT2D eigenvalue weighted by Crippen LogP contribution is 2.32. The van der Waals surface area contributed by atoms with Crippen molar-refractivity contribution in [3.05, 3.63) is 65.2 Å². The fourth-order valence-corrected chi connectivity index (χ4v) is 4.24. The van der Waals surface area contributed by atoms with Crippen LogP contribution in [0.1, 0.15) is 21.5 Å². The van der Waals surface area contributed by atoms with Crippen LogP contribution in [0.3, 0.4) is 0 Å². The van der Waals surface area contributed by atoms with Crippen molar-refractivity contribution in [1.82, 2.24) is 9.97 Å². The second-order valence-corrected chi connectivity index (χ2v) is 8.10. The third kappa shape index (κ3) is 5.83. The molecule has 7 nitrogen and oxygen atoms in total. The van der Waals surface area contributed by atoms with Crippen LogP contribution in [0.15, 0.2) is 58.7 Å². The van der Waals surface area contributed by atoms with Crippen LogP contribution < -0.4 is 14.8 Å². The Kier molecular flexibility index (Phi) is 8.02. The minimum absolute atomic E-state index is 0.0687. The van der Waals surface area contributed by atoms with Crippen LogP contribution in [-0.4, -0.2) is 41.5 Å². The Morgan fingerprint density at radius 2 is 1.77 bits per heavy atom. The highest BCUT2D eigenvalue weighted by Gasteiger charge is 2.21. The number of thioether (sulfide) groups is 2. The fraction of sp³-hybridized carbons (Fsp3) is 0.227. The number of nitrogens with one attached hydrogen (secondary N) is 1. The van der Waals surface area contributed by atoms with Crippen molar-refractivity contribution < 1.29 is 19.4 Å². The Labute approximate surface area is 189 Å². The number of anilines is 1. The first-order valence-corrected chi connectivity index (χ1v) is 11.6. The Balaban J connectivity index is 1.87. The lowest BCUT2D eigenvalue weighted by Gasteiger charge is -2.14. The van der Waals surface area contributed by atoms with Gasteiger partial charge in [-0.1, -0.05) is 48.2 Å². The molecular formula is C22H23N3O4S2. The number of benzene rings is 2. The van der Waals surface area contributed by atoms with Crippen LogP contribution in [0.5, 0.6) is 11.5 Å². The molecule has 0 fully saturated rings. The van der Waals surface area contributed by atoms with Gasteiger partial charge in [-0.05, 0) is 29.5 Å². The maximum absolute atomic E-state index is 12.1. The van der Waals surface area contributed by atoms with Gasteiger partial charge in [0, 0.05) is 12.3 Å². The Hall–Kier alpha value is -2.91. The van der Waals surface area contributed by atoms with Gasteiger partial charge in [0.25, 0.3) is 0 Å². The van der Waals surface area contributed by atoms with Crippen LogP contribution in [0.25, 0.3) is 0 Å². The number of nitrogens with zero attached hydrogens (tertiary/aromatic N) is 2. The zero-order chi connectivity index (χ0) is 22.2. The number of carbonyl (C=O) groups is 1. The van der Waals surface area contributed by atoms with E-state index in [1.165, 1.54) is 23.5 Å². The fourth-order valence-electron chi connectivity index (χ4n) is 2.84. The number of ether oxygens (including phenoxy) is 2. The number of hydrogen-bond donors (Lipinski definition) is 2. The normalized spacial score (nSPS) is 10.5. The number of rotatable bonds is 10. The van der Waals surface area contributed by atoms with Crippen LogP contribution >= 0.6 is 23.5 Å². The average molecular weight is 458 g/mol. The van der Waals surface area contributed by atoms with E-state index >= 15 is 0 Å². The van der Waals surface area contributed by atoms with Crippen LogP contribution in [0.2, 0.25) is 0 Å². The average Bonchev–Trinajstić information content (AvgIpc) is 2.81. The first-order valence-electron chi connectivity index (χ1n) is 9.36. The molecule has 162 valence electrons. The second-order valence-electron chi connectivity index (χ2n) is 6.36. The first kappa shape index (κ1) is 22.8. The maximum Gasteiger partial charge on any atom is 0.342 e. The predicted octanol–water partition coefficient (Wildman–Crippen LogP) is 4.82. The molecule has 0 atom stereocenters. The molecule has 31 heavy (non-hydrogen) atoms. The maximum atomic E-state index is 12.1. The smallest absolute Gasteiger partial charge is 0.342 e.